The zero-order valence-corrected chi connectivity index (χ0v) is 10.9. The largest absolute Gasteiger partial charge is 0.376 e. The second-order valence-corrected chi connectivity index (χ2v) is 4.55. The predicted molar refractivity (Wildman–Crippen MR) is 69.0 cm³/mol. The Bertz CT molecular complexity index is 250. The van der Waals surface area contributed by atoms with E-state index in [2.05, 4.69) is 11.9 Å². The molecule has 1 aliphatic rings. The number of hydrogen-bond acceptors (Lipinski definition) is 2. The van der Waals surface area contributed by atoms with Crippen molar-refractivity contribution in [2.45, 2.75) is 45.3 Å². The highest BCUT2D eigenvalue weighted by Crippen LogP contribution is 2.13. The first-order valence-corrected chi connectivity index (χ1v) is 6.45. The Morgan fingerprint density at radius 1 is 1.71 bits per heavy atom. The van der Waals surface area contributed by atoms with E-state index < -0.39 is 0 Å². The van der Waals surface area contributed by atoms with Gasteiger partial charge in [0.2, 0.25) is 0 Å². The molecule has 0 radical (unpaired) electrons. The van der Waals surface area contributed by atoms with Crippen LogP contribution in [0.1, 0.15) is 33.1 Å². The van der Waals surface area contributed by atoms with E-state index >= 15 is 0 Å². The highest BCUT2D eigenvalue weighted by Gasteiger charge is 2.21. The first-order valence-electron chi connectivity index (χ1n) is 6.45. The van der Waals surface area contributed by atoms with Gasteiger partial charge < -0.3 is 15.0 Å². The lowest BCUT2D eigenvalue weighted by Crippen LogP contribution is -2.46. The molecular weight excluding hydrogens is 216 g/mol. The summed E-state index contributed by atoms with van der Waals surface area (Å²) in [6.45, 7) is 9.89. The molecule has 98 valence electrons. The maximum Gasteiger partial charge on any atom is 0.317 e. The molecule has 1 aliphatic heterocycles. The normalized spacial score (nSPS) is 20.9. The maximum absolute atomic E-state index is 12.0. The molecule has 1 heterocycles. The van der Waals surface area contributed by atoms with Crippen molar-refractivity contribution in [3.05, 3.63) is 12.7 Å². The standard InChI is InChI=1S/C13H24N2O2/c1-4-7-11(3)14-13(16)15(5-2)10-12-8-6-9-17-12/h4,11-12H,1,5-10H2,2-3H3,(H,14,16)/t11-,12-/m1/s1. The number of urea groups is 1. The zero-order valence-electron chi connectivity index (χ0n) is 10.9. The molecule has 1 N–H and O–H groups in total. The highest BCUT2D eigenvalue weighted by molar-refractivity contribution is 5.74. The number of nitrogens with one attached hydrogen (secondary N) is 1. The molecule has 1 rings (SSSR count). The molecule has 1 fully saturated rings. The monoisotopic (exact) mass is 240 g/mol. The van der Waals surface area contributed by atoms with Gasteiger partial charge in [-0.05, 0) is 33.1 Å². The van der Waals surface area contributed by atoms with Crippen LogP contribution >= 0.6 is 0 Å². The van der Waals surface area contributed by atoms with E-state index in [9.17, 15) is 4.79 Å². The van der Waals surface area contributed by atoms with Crippen LogP contribution in [0.25, 0.3) is 0 Å². The Morgan fingerprint density at radius 3 is 3.00 bits per heavy atom. The lowest BCUT2D eigenvalue weighted by molar-refractivity contribution is 0.0822. The smallest absolute Gasteiger partial charge is 0.317 e. The van der Waals surface area contributed by atoms with Crippen molar-refractivity contribution in [3.8, 4) is 0 Å². The fraction of sp³-hybridized carbons (Fsp3) is 0.769. The molecule has 0 aromatic carbocycles. The summed E-state index contributed by atoms with van der Waals surface area (Å²) >= 11 is 0. The van der Waals surface area contributed by atoms with Gasteiger partial charge in [0.05, 0.1) is 6.10 Å². The molecule has 1 saturated heterocycles. The Morgan fingerprint density at radius 2 is 2.47 bits per heavy atom. The lowest BCUT2D eigenvalue weighted by atomic mass is 10.2. The van der Waals surface area contributed by atoms with Gasteiger partial charge in [-0.15, -0.1) is 6.58 Å². The minimum Gasteiger partial charge on any atom is -0.376 e. The number of amides is 2. The molecule has 0 saturated carbocycles. The summed E-state index contributed by atoms with van der Waals surface area (Å²) in [5, 5.41) is 2.97. The Labute approximate surface area is 104 Å². The molecule has 4 nitrogen and oxygen atoms in total. The van der Waals surface area contributed by atoms with Gasteiger partial charge in [0, 0.05) is 25.7 Å². The summed E-state index contributed by atoms with van der Waals surface area (Å²) in [6, 6.07) is 0.135. The topological polar surface area (TPSA) is 41.6 Å². The summed E-state index contributed by atoms with van der Waals surface area (Å²) in [5.41, 5.74) is 0. The van der Waals surface area contributed by atoms with Gasteiger partial charge >= 0.3 is 6.03 Å². The molecule has 2 atom stereocenters. The fourth-order valence-corrected chi connectivity index (χ4v) is 2.00. The van der Waals surface area contributed by atoms with Gasteiger partial charge in [0.25, 0.3) is 0 Å². The van der Waals surface area contributed by atoms with Crippen molar-refractivity contribution in [2.75, 3.05) is 19.7 Å². The Hall–Kier alpha value is -1.03. The average molecular weight is 240 g/mol. The Balaban J connectivity index is 2.37. The molecule has 0 aliphatic carbocycles. The average Bonchev–Trinajstić information content (AvgIpc) is 2.78. The van der Waals surface area contributed by atoms with E-state index in [1.165, 1.54) is 0 Å². The van der Waals surface area contributed by atoms with Crippen molar-refractivity contribution in [2.24, 2.45) is 0 Å². The molecule has 2 amide bonds. The molecule has 0 aromatic heterocycles. The van der Waals surface area contributed by atoms with Gasteiger partial charge in [0.15, 0.2) is 0 Å². The van der Waals surface area contributed by atoms with Crippen LogP contribution in [0.4, 0.5) is 4.79 Å². The number of hydrogen-bond donors (Lipinski definition) is 1. The van der Waals surface area contributed by atoms with Crippen molar-refractivity contribution in [1.29, 1.82) is 0 Å². The minimum atomic E-state index is -0.00245. The van der Waals surface area contributed by atoms with Crippen molar-refractivity contribution >= 4 is 6.03 Å². The predicted octanol–water partition coefficient (Wildman–Crippen LogP) is 2.16. The van der Waals surface area contributed by atoms with Crippen LogP contribution in [-0.2, 0) is 4.74 Å². The van der Waals surface area contributed by atoms with E-state index in [4.69, 9.17) is 4.74 Å². The number of carbonyl (C=O) groups is 1. The van der Waals surface area contributed by atoms with Gasteiger partial charge in [0.1, 0.15) is 0 Å². The third-order valence-corrected chi connectivity index (χ3v) is 3.01. The van der Waals surface area contributed by atoms with Gasteiger partial charge in [-0.3, -0.25) is 0 Å². The van der Waals surface area contributed by atoms with Gasteiger partial charge in [-0.1, -0.05) is 6.08 Å². The van der Waals surface area contributed by atoms with Crippen molar-refractivity contribution in [3.63, 3.8) is 0 Å². The van der Waals surface area contributed by atoms with E-state index in [0.717, 1.165) is 25.9 Å². The van der Waals surface area contributed by atoms with Crippen molar-refractivity contribution in [1.82, 2.24) is 10.2 Å². The summed E-state index contributed by atoms with van der Waals surface area (Å²) in [7, 11) is 0. The van der Waals surface area contributed by atoms with Crippen LogP contribution in [0.5, 0.6) is 0 Å². The van der Waals surface area contributed by atoms with E-state index in [0.29, 0.717) is 13.1 Å². The second-order valence-electron chi connectivity index (χ2n) is 4.55. The summed E-state index contributed by atoms with van der Waals surface area (Å²) in [4.78, 5) is 13.8. The van der Waals surface area contributed by atoms with E-state index in [1.807, 2.05) is 24.8 Å². The van der Waals surface area contributed by atoms with Crippen LogP contribution in [0.2, 0.25) is 0 Å². The number of ether oxygens (including phenoxy) is 1. The fourth-order valence-electron chi connectivity index (χ4n) is 2.00. The third kappa shape index (κ3) is 4.77. The molecule has 4 heteroatoms. The minimum absolute atomic E-state index is 0.00245. The summed E-state index contributed by atoms with van der Waals surface area (Å²) < 4.78 is 5.55. The molecule has 0 spiro atoms. The molecule has 0 aromatic rings. The third-order valence-electron chi connectivity index (χ3n) is 3.01. The van der Waals surface area contributed by atoms with Crippen LogP contribution in [-0.4, -0.2) is 42.8 Å². The van der Waals surface area contributed by atoms with Crippen LogP contribution in [0, 0.1) is 0 Å². The van der Waals surface area contributed by atoms with Crippen LogP contribution in [0.3, 0.4) is 0 Å². The van der Waals surface area contributed by atoms with Crippen LogP contribution < -0.4 is 5.32 Å². The van der Waals surface area contributed by atoms with Gasteiger partial charge in [-0.2, -0.15) is 0 Å². The summed E-state index contributed by atoms with van der Waals surface area (Å²) in [5.74, 6) is 0. The van der Waals surface area contributed by atoms with Crippen LogP contribution in [0.15, 0.2) is 12.7 Å². The number of nitrogens with zero attached hydrogens (tertiary/aromatic N) is 1. The quantitative estimate of drug-likeness (QED) is 0.723. The molecule has 17 heavy (non-hydrogen) atoms. The second kappa shape index (κ2) is 7.33. The number of likely N-dealkylation sites (N-methyl/N-ethyl adjacent to an activating group) is 1. The lowest BCUT2D eigenvalue weighted by Gasteiger charge is -2.25. The summed E-state index contributed by atoms with van der Waals surface area (Å²) in [6.07, 6.45) is 5.00. The number of rotatable bonds is 6. The molecule has 0 bridgehead atoms. The first-order chi connectivity index (χ1) is 8.17. The highest BCUT2D eigenvalue weighted by atomic mass is 16.5. The number of carbonyl (C=O) groups excluding carboxylic acids is 1. The Kier molecular flexibility index (Phi) is 6.05. The first kappa shape index (κ1) is 14.0. The molecule has 0 unspecified atom stereocenters. The SMILES string of the molecule is C=CC[C@@H](C)NC(=O)N(CC)C[C@H]1CCCO1. The van der Waals surface area contributed by atoms with Gasteiger partial charge in [-0.25, -0.2) is 4.79 Å². The zero-order chi connectivity index (χ0) is 12.7. The van der Waals surface area contributed by atoms with Crippen molar-refractivity contribution < 1.29 is 9.53 Å². The van der Waals surface area contributed by atoms with E-state index in [1.54, 1.807) is 0 Å². The van der Waals surface area contributed by atoms with E-state index in [-0.39, 0.29) is 18.2 Å². The molecular formula is C13H24N2O2. The maximum atomic E-state index is 12.0.